The molecule has 0 aliphatic heterocycles. The van der Waals surface area contributed by atoms with Gasteiger partial charge in [-0.1, -0.05) is 39.3 Å². The van der Waals surface area contributed by atoms with E-state index in [0.717, 1.165) is 18.2 Å². The molecule has 0 aliphatic carbocycles. The molecule has 1 aromatic rings. The van der Waals surface area contributed by atoms with Crippen molar-refractivity contribution in [2.45, 2.75) is 46.6 Å². The third-order valence-electron chi connectivity index (χ3n) is 3.25. The van der Waals surface area contributed by atoms with Gasteiger partial charge >= 0.3 is 0 Å². The lowest BCUT2D eigenvalue weighted by Gasteiger charge is -2.25. The van der Waals surface area contributed by atoms with Crippen molar-refractivity contribution < 1.29 is 0 Å². The monoisotopic (exact) mass is 248 g/mol. The molecule has 0 spiro atoms. The van der Waals surface area contributed by atoms with Crippen LogP contribution in [0, 0.1) is 5.92 Å². The van der Waals surface area contributed by atoms with Crippen LogP contribution in [-0.4, -0.2) is 18.0 Å². The molecule has 0 amide bonds. The van der Waals surface area contributed by atoms with Crippen molar-refractivity contribution in [3.63, 3.8) is 0 Å². The maximum absolute atomic E-state index is 5.84. The van der Waals surface area contributed by atoms with E-state index in [0.29, 0.717) is 0 Å². The zero-order valence-corrected chi connectivity index (χ0v) is 12.2. The maximum Gasteiger partial charge on any atom is 0.0317 e. The molecule has 0 aliphatic rings. The first-order valence-electron chi connectivity index (χ1n) is 7.22. The molecule has 102 valence electrons. The average Bonchev–Trinajstić information content (AvgIpc) is 2.29. The summed E-state index contributed by atoms with van der Waals surface area (Å²) in [5.41, 5.74) is 8.03. The van der Waals surface area contributed by atoms with Crippen molar-refractivity contribution in [2.75, 3.05) is 18.8 Å². The van der Waals surface area contributed by atoms with E-state index in [1.807, 2.05) is 12.1 Å². The van der Waals surface area contributed by atoms with Crippen LogP contribution in [0.5, 0.6) is 0 Å². The molecule has 2 heteroatoms. The third kappa shape index (κ3) is 5.54. The second-order valence-electron chi connectivity index (χ2n) is 5.37. The molecule has 18 heavy (non-hydrogen) atoms. The van der Waals surface area contributed by atoms with E-state index in [2.05, 4.69) is 37.8 Å². The van der Waals surface area contributed by atoms with Gasteiger partial charge in [0.15, 0.2) is 0 Å². The predicted molar refractivity (Wildman–Crippen MR) is 80.5 cm³/mol. The van der Waals surface area contributed by atoms with E-state index in [9.17, 15) is 0 Å². The highest BCUT2D eigenvalue weighted by molar-refractivity contribution is 5.40. The number of nitrogen functional groups attached to an aromatic ring is 1. The van der Waals surface area contributed by atoms with Gasteiger partial charge in [0.2, 0.25) is 0 Å². The van der Waals surface area contributed by atoms with Crippen LogP contribution in [0.4, 0.5) is 5.69 Å². The van der Waals surface area contributed by atoms with Crippen LogP contribution in [0.3, 0.4) is 0 Å². The third-order valence-corrected chi connectivity index (χ3v) is 3.25. The Morgan fingerprint density at radius 1 is 1.22 bits per heavy atom. The highest BCUT2D eigenvalue weighted by atomic mass is 15.1. The van der Waals surface area contributed by atoms with Crippen molar-refractivity contribution in [3.05, 3.63) is 29.8 Å². The second kappa shape index (κ2) is 8.15. The van der Waals surface area contributed by atoms with Gasteiger partial charge in [-0.05, 0) is 43.0 Å². The predicted octanol–water partition coefficient (Wildman–Crippen LogP) is 3.92. The summed E-state index contributed by atoms with van der Waals surface area (Å²) in [5, 5.41) is 0. The van der Waals surface area contributed by atoms with Crippen molar-refractivity contribution in [2.24, 2.45) is 5.92 Å². The smallest absolute Gasteiger partial charge is 0.0317 e. The molecule has 0 aromatic heterocycles. The highest BCUT2D eigenvalue weighted by Gasteiger charge is 2.09. The van der Waals surface area contributed by atoms with Crippen LogP contribution in [-0.2, 0) is 6.54 Å². The molecule has 0 saturated heterocycles. The van der Waals surface area contributed by atoms with E-state index < -0.39 is 0 Å². The molecule has 0 saturated carbocycles. The zero-order valence-electron chi connectivity index (χ0n) is 12.2. The molecule has 2 N–H and O–H groups in total. The van der Waals surface area contributed by atoms with E-state index >= 15 is 0 Å². The van der Waals surface area contributed by atoms with E-state index in [4.69, 9.17) is 5.73 Å². The quantitative estimate of drug-likeness (QED) is 0.707. The van der Waals surface area contributed by atoms with Crippen LogP contribution in [0.15, 0.2) is 24.3 Å². The van der Waals surface area contributed by atoms with E-state index in [1.165, 1.54) is 37.9 Å². The minimum absolute atomic E-state index is 0.780. The first kappa shape index (κ1) is 15.0. The fourth-order valence-corrected chi connectivity index (χ4v) is 2.53. The van der Waals surface area contributed by atoms with Crippen LogP contribution >= 0.6 is 0 Å². The van der Waals surface area contributed by atoms with Gasteiger partial charge < -0.3 is 5.73 Å². The Labute approximate surface area is 112 Å². The van der Waals surface area contributed by atoms with Gasteiger partial charge in [0.1, 0.15) is 0 Å². The van der Waals surface area contributed by atoms with Crippen molar-refractivity contribution >= 4 is 5.69 Å². The van der Waals surface area contributed by atoms with Crippen LogP contribution < -0.4 is 5.73 Å². The average molecular weight is 248 g/mol. The van der Waals surface area contributed by atoms with Crippen molar-refractivity contribution in [1.29, 1.82) is 0 Å². The summed E-state index contributed by atoms with van der Waals surface area (Å²) in [7, 11) is 0. The van der Waals surface area contributed by atoms with Crippen LogP contribution in [0.2, 0.25) is 0 Å². The van der Waals surface area contributed by atoms with E-state index in [1.54, 1.807) is 0 Å². The Kier molecular flexibility index (Phi) is 6.81. The lowest BCUT2D eigenvalue weighted by atomic mass is 10.0. The lowest BCUT2D eigenvalue weighted by Crippen LogP contribution is -2.29. The number of benzene rings is 1. The molecule has 0 bridgehead atoms. The Bertz CT molecular complexity index is 336. The SMILES string of the molecule is CCCC(C)CN(CCC)Cc1cccc(N)c1. The minimum atomic E-state index is 0.780. The molecule has 1 rings (SSSR count). The summed E-state index contributed by atoms with van der Waals surface area (Å²) in [5.74, 6) is 0.780. The maximum atomic E-state index is 5.84. The van der Waals surface area contributed by atoms with Gasteiger partial charge in [0, 0.05) is 18.8 Å². The summed E-state index contributed by atoms with van der Waals surface area (Å²) >= 11 is 0. The lowest BCUT2D eigenvalue weighted by molar-refractivity contribution is 0.224. The Morgan fingerprint density at radius 2 is 2.00 bits per heavy atom. The number of rotatable bonds is 8. The Hall–Kier alpha value is -1.02. The molecule has 0 fully saturated rings. The topological polar surface area (TPSA) is 29.3 Å². The highest BCUT2D eigenvalue weighted by Crippen LogP contribution is 2.13. The molecule has 0 radical (unpaired) electrons. The number of hydrogen-bond donors (Lipinski definition) is 1. The van der Waals surface area contributed by atoms with Gasteiger partial charge in [-0.3, -0.25) is 4.90 Å². The largest absolute Gasteiger partial charge is 0.399 e. The van der Waals surface area contributed by atoms with Crippen LogP contribution in [0.1, 0.15) is 45.6 Å². The number of nitrogens with two attached hydrogens (primary N) is 1. The first-order valence-corrected chi connectivity index (χ1v) is 7.22. The summed E-state index contributed by atoms with van der Waals surface area (Å²) in [6.07, 6.45) is 3.80. The normalized spacial score (nSPS) is 12.9. The fourth-order valence-electron chi connectivity index (χ4n) is 2.53. The zero-order chi connectivity index (χ0) is 13.4. The number of nitrogens with zero attached hydrogens (tertiary/aromatic N) is 1. The summed E-state index contributed by atoms with van der Waals surface area (Å²) < 4.78 is 0. The molecule has 2 nitrogen and oxygen atoms in total. The first-order chi connectivity index (χ1) is 8.65. The summed E-state index contributed by atoms with van der Waals surface area (Å²) in [4.78, 5) is 2.55. The van der Waals surface area contributed by atoms with Crippen molar-refractivity contribution in [3.8, 4) is 0 Å². The number of anilines is 1. The summed E-state index contributed by atoms with van der Waals surface area (Å²) in [6.45, 7) is 10.2. The molecule has 1 aromatic carbocycles. The molecule has 1 atom stereocenters. The number of hydrogen-bond acceptors (Lipinski definition) is 2. The Morgan fingerprint density at radius 3 is 2.61 bits per heavy atom. The van der Waals surface area contributed by atoms with Gasteiger partial charge in [-0.2, -0.15) is 0 Å². The van der Waals surface area contributed by atoms with Gasteiger partial charge in [-0.25, -0.2) is 0 Å². The Balaban J connectivity index is 2.56. The molecular formula is C16H28N2. The summed E-state index contributed by atoms with van der Waals surface area (Å²) in [6, 6.07) is 8.26. The van der Waals surface area contributed by atoms with Crippen LogP contribution in [0.25, 0.3) is 0 Å². The molecule has 1 unspecified atom stereocenters. The standard InChI is InChI=1S/C16H28N2/c1-4-7-14(3)12-18(10-5-2)13-15-8-6-9-16(17)11-15/h6,8-9,11,14H,4-5,7,10,12-13,17H2,1-3H3. The van der Waals surface area contributed by atoms with E-state index in [-0.39, 0.29) is 0 Å². The van der Waals surface area contributed by atoms with Gasteiger partial charge in [0.25, 0.3) is 0 Å². The van der Waals surface area contributed by atoms with Gasteiger partial charge in [0.05, 0.1) is 0 Å². The van der Waals surface area contributed by atoms with Crippen molar-refractivity contribution in [1.82, 2.24) is 4.90 Å². The minimum Gasteiger partial charge on any atom is -0.399 e. The van der Waals surface area contributed by atoms with Gasteiger partial charge in [-0.15, -0.1) is 0 Å². The molecular weight excluding hydrogens is 220 g/mol. The molecule has 0 heterocycles. The second-order valence-corrected chi connectivity index (χ2v) is 5.37. The fraction of sp³-hybridized carbons (Fsp3) is 0.625.